The van der Waals surface area contributed by atoms with Gasteiger partial charge in [-0.05, 0) is 32.9 Å². The molecule has 0 bridgehead atoms. The predicted octanol–water partition coefficient (Wildman–Crippen LogP) is 2.49. The van der Waals surface area contributed by atoms with Gasteiger partial charge in [-0.3, -0.25) is 0 Å². The zero-order valence-corrected chi connectivity index (χ0v) is 12.9. The lowest BCUT2D eigenvalue weighted by Crippen LogP contribution is -2.46. The number of halogens is 1. The topological polar surface area (TPSA) is 58.6 Å². The highest BCUT2D eigenvalue weighted by Gasteiger charge is 2.32. The second-order valence-corrected chi connectivity index (χ2v) is 6.22. The van der Waals surface area contributed by atoms with Crippen molar-refractivity contribution in [2.75, 3.05) is 19.4 Å². The van der Waals surface area contributed by atoms with E-state index in [0.29, 0.717) is 18.5 Å². The minimum absolute atomic E-state index is 0.223. The van der Waals surface area contributed by atoms with Crippen LogP contribution in [-0.4, -0.2) is 33.7 Å². The number of hydrogen-bond acceptors (Lipinski definition) is 3. The summed E-state index contributed by atoms with van der Waals surface area (Å²) in [5.74, 6) is -0.0776. The van der Waals surface area contributed by atoms with E-state index in [1.54, 1.807) is 25.3 Å². The molecule has 0 radical (unpaired) electrons. The first-order valence-electron chi connectivity index (χ1n) is 6.48. The maximum absolute atomic E-state index is 13.9. The Bertz CT molecular complexity index is 454. The van der Waals surface area contributed by atoms with Crippen LogP contribution in [0.3, 0.4) is 0 Å². The molecule has 2 atom stereocenters. The van der Waals surface area contributed by atoms with Gasteiger partial charge in [0.25, 0.3) is 0 Å². The second kappa shape index (κ2) is 7.83. The molecule has 0 aliphatic heterocycles. The Kier molecular flexibility index (Phi) is 6.75. The van der Waals surface area contributed by atoms with E-state index in [1.165, 1.54) is 6.07 Å². The minimum Gasteiger partial charge on any atom is -0.375 e. The van der Waals surface area contributed by atoms with Crippen molar-refractivity contribution in [2.24, 2.45) is 0 Å². The van der Waals surface area contributed by atoms with Crippen molar-refractivity contribution in [2.45, 2.75) is 31.9 Å². The highest BCUT2D eigenvalue weighted by molar-refractivity contribution is 7.79. The van der Waals surface area contributed by atoms with E-state index < -0.39 is 22.7 Å². The fourth-order valence-corrected chi connectivity index (χ4v) is 2.59. The van der Waals surface area contributed by atoms with Crippen LogP contribution in [0.25, 0.3) is 0 Å². The SMILES string of the molecule is COC(c1ccccc1F)C(C)(C)NCCCS(=O)O. The molecule has 0 aromatic heterocycles. The van der Waals surface area contributed by atoms with E-state index >= 15 is 0 Å². The van der Waals surface area contributed by atoms with Crippen LogP contribution < -0.4 is 5.32 Å². The van der Waals surface area contributed by atoms with Gasteiger partial charge in [-0.2, -0.15) is 0 Å². The average Bonchev–Trinajstić information content (AvgIpc) is 2.37. The summed E-state index contributed by atoms with van der Waals surface area (Å²) in [5.41, 5.74) is 0.00619. The fraction of sp³-hybridized carbons (Fsp3) is 0.571. The summed E-state index contributed by atoms with van der Waals surface area (Å²) in [6, 6.07) is 6.53. The first-order chi connectivity index (χ1) is 9.38. The first-order valence-corrected chi connectivity index (χ1v) is 7.75. The maximum atomic E-state index is 13.9. The zero-order valence-electron chi connectivity index (χ0n) is 12.1. The maximum Gasteiger partial charge on any atom is 0.152 e. The van der Waals surface area contributed by atoms with Crippen molar-refractivity contribution in [3.05, 3.63) is 35.6 Å². The van der Waals surface area contributed by atoms with Crippen molar-refractivity contribution in [1.29, 1.82) is 0 Å². The van der Waals surface area contributed by atoms with Gasteiger partial charge >= 0.3 is 0 Å². The van der Waals surface area contributed by atoms with E-state index in [-0.39, 0.29) is 11.6 Å². The third kappa shape index (κ3) is 4.94. The predicted molar refractivity (Wildman–Crippen MR) is 78.5 cm³/mol. The van der Waals surface area contributed by atoms with Crippen LogP contribution in [0.4, 0.5) is 4.39 Å². The number of benzene rings is 1. The molecule has 0 spiro atoms. The Morgan fingerprint density at radius 2 is 2.10 bits per heavy atom. The summed E-state index contributed by atoms with van der Waals surface area (Å²) in [6.07, 6.45) is 0.128. The van der Waals surface area contributed by atoms with Crippen molar-refractivity contribution in [3.8, 4) is 0 Å². The quantitative estimate of drug-likeness (QED) is 0.572. The molecule has 114 valence electrons. The third-order valence-electron chi connectivity index (χ3n) is 3.16. The van der Waals surface area contributed by atoms with Gasteiger partial charge in [0.15, 0.2) is 11.1 Å². The van der Waals surface area contributed by atoms with Crippen LogP contribution in [0.5, 0.6) is 0 Å². The van der Waals surface area contributed by atoms with Gasteiger partial charge in [0.05, 0.1) is 5.75 Å². The van der Waals surface area contributed by atoms with Gasteiger partial charge in [-0.15, -0.1) is 0 Å². The lowest BCUT2D eigenvalue weighted by molar-refractivity contribution is 0.0289. The molecule has 0 heterocycles. The molecule has 0 fully saturated rings. The molecule has 1 rings (SSSR count). The van der Waals surface area contributed by atoms with Crippen molar-refractivity contribution < 1.29 is 17.9 Å². The van der Waals surface area contributed by atoms with Crippen LogP contribution >= 0.6 is 0 Å². The third-order valence-corrected chi connectivity index (χ3v) is 3.79. The minimum atomic E-state index is -1.78. The number of ether oxygens (including phenoxy) is 1. The van der Waals surface area contributed by atoms with Gasteiger partial charge in [0.2, 0.25) is 0 Å². The lowest BCUT2D eigenvalue weighted by Gasteiger charge is -2.35. The number of nitrogens with one attached hydrogen (secondary N) is 1. The molecule has 0 saturated carbocycles. The number of methoxy groups -OCH3 is 1. The highest BCUT2D eigenvalue weighted by atomic mass is 32.2. The smallest absolute Gasteiger partial charge is 0.152 e. The van der Waals surface area contributed by atoms with Crippen LogP contribution in [0.1, 0.15) is 31.9 Å². The van der Waals surface area contributed by atoms with E-state index in [1.807, 2.05) is 13.8 Å². The first kappa shape index (κ1) is 17.2. The Morgan fingerprint density at radius 3 is 2.65 bits per heavy atom. The zero-order chi connectivity index (χ0) is 15.2. The highest BCUT2D eigenvalue weighted by Crippen LogP contribution is 2.30. The van der Waals surface area contributed by atoms with Crippen molar-refractivity contribution >= 4 is 11.1 Å². The molecule has 2 N–H and O–H groups in total. The van der Waals surface area contributed by atoms with E-state index in [4.69, 9.17) is 9.29 Å². The standard InChI is InChI=1S/C14H22FNO3S/c1-14(2,16-9-6-10-20(17)18)13(19-3)11-7-4-5-8-12(11)15/h4-5,7-8,13,16H,6,9-10H2,1-3H3,(H,17,18). The Hall–Kier alpha value is -0.820. The van der Waals surface area contributed by atoms with Gasteiger partial charge in [0.1, 0.15) is 11.9 Å². The largest absolute Gasteiger partial charge is 0.375 e. The molecular weight excluding hydrogens is 281 g/mol. The van der Waals surface area contributed by atoms with Gasteiger partial charge < -0.3 is 14.6 Å². The molecule has 2 unspecified atom stereocenters. The molecular formula is C14H22FNO3S. The fourth-order valence-electron chi connectivity index (χ4n) is 2.20. The number of hydrogen-bond donors (Lipinski definition) is 2. The summed E-state index contributed by atoms with van der Waals surface area (Å²) in [4.78, 5) is 0. The normalized spacial score (nSPS) is 15.1. The van der Waals surface area contributed by atoms with E-state index in [2.05, 4.69) is 5.32 Å². The Morgan fingerprint density at radius 1 is 1.45 bits per heavy atom. The van der Waals surface area contributed by atoms with Crippen LogP contribution in [0.2, 0.25) is 0 Å². The molecule has 1 aromatic rings. The lowest BCUT2D eigenvalue weighted by atomic mass is 9.90. The van der Waals surface area contributed by atoms with Crippen LogP contribution in [0, 0.1) is 5.82 Å². The van der Waals surface area contributed by atoms with Gasteiger partial charge in [-0.1, -0.05) is 18.2 Å². The van der Waals surface area contributed by atoms with Gasteiger partial charge in [0, 0.05) is 18.2 Å². The molecule has 6 heteroatoms. The van der Waals surface area contributed by atoms with Crippen LogP contribution in [-0.2, 0) is 15.8 Å². The molecule has 0 saturated heterocycles. The van der Waals surface area contributed by atoms with Crippen molar-refractivity contribution in [1.82, 2.24) is 5.32 Å². The monoisotopic (exact) mass is 303 g/mol. The summed E-state index contributed by atoms with van der Waals surface area (Å²) < 4.78 is 38.6. The molecule has 0 amide bonds. The Labute approximate surface area is 122 Å². The molecule has 1 aromatic carbocycles. The molecule has 0 aliphatic rings. The molecule has 0 aliphatic carbocycles. The van der Waals surface area contributed by atoms with E-state index in [0.717, 1.165) is 0 Å². The number of rotatable bonds is 8. The average molecular weight is 303 g/mol. The summed E-state index contributed by atoms with van der Waals surface area (Å²) in [7, 11) is 1.54. The Balaban J connectivity index is 2.72. The van der Waals surface area contributed by atoms with E-state index in [9.17, 15) is 8.60 Å². The summed E-state index contributed by atoms with van der Waals surface area (Å²) >= 11 is -1.78. The van der Waals surface area contributed by atoms with Crippen molar-refractivity contribution in [3.63, 3.8) is 0 Å². The van der Waals surface area contributed by atoms with Gasteiger partial charge in [-0.25, -0.2) is 8.60 Å². The molecule has 4 nitrogen and oxygen atoms in total. The second-order valence-electron chi connectivity index (χ2n) is 5.16. The molecule has 20 heavy (non-hydrogen) atoms. The van der Waals surface area contributed by atoms with Crippen LogP contribution in [0.15, 0.2) is 24.3 Å². The summed E-state index contributed by atoms with van der Waals surface area (Å²) in [6.45, 7) is 4.40. The summed E-state index contributed by atoms with van der Waals surface area (Å²) in [5, 5.41) is 3.25.